The van der Waals surface area contributed by atoms with Crippen LogP contribution in [0, 0.1) is 24.0 Å². The molecule has 2 aromatic carbocycles. The number of aryl methyl sites for hydroxylation is 1. The molecule has 0 saturated heterocycles. The predicted octanol–water partition coefficient (Wildman–Crippen LogP) is 3.02. The van der Waals surface area contributed by atoms with Crippen LogP contribution in [0.4, 0.5) is 17.3 Å². The van der Waals surface area contributed by atoms with Crippen molar-refractivity contribution in [1.82, 2.24) is 5.16 Å². The largest absolute Gasteiger partial charge is 0.477 e. The maximum Gasteiger partial charge on any atom is 0.310 e. The number of sulfonamides is 1. The van der Waals surface area contributed by atoms with Gasteiger partial charge in [-0.3, -0.25) is 14.9 Å². The van der Waals surface area contributed by atoms with Crippen molar-refractivity contribution in [2.24, 2.45) is 0 Å². The second kappa shape index (κ2) is 8.83. The van der Waals surface area contributed by atoms with Gasteiger partial charge in [-0.25, -0.2) is 13.1 Å². The summed E-state index contributed by atoms with van der Waals surface area (Å²) in [5.74, 6) is -0.574. The molecule has 31 heavy (non-hydrogen) atoms. The van der Waals surface area contributed by atoms with Gasteiger partial charge in [0, 0.05) is 17.3 Å². The van der Waals surface area contributed by atoms with Gasteiger partial charge in [0.05, 0.1) is 15.5 Å². The monoisotopic (exact) mass is 446 g/mol. The maximum atomic E-state index is 12.5. The summed E-state index contributed by atoms with van der Waals surface area (Å²) in [4.78, 5) is 22.4. The van der Waals surface area contributed by atoms with E-state index in [9.17, 15) is 23.3 Å². The van der Waals surface area contributed by atoms with Gasteiger partial charge in [-0.2, -0.15) is 0 Å². The molecule has 0 radical (unpaired) electrons. The number of nitrogens with one attached hydrogen (secondary N) is 2. The summed E-state index contributed by atoms with van der Waals surface area (Å²) < 4.78 is 37.5. The number of ether oxygens (including phenoxy) is 1. The van der Waals surface area contributed by atoms with Crippen molar-refractivity contribution in [2.45, 2.75) is 18.7 Å². The standard InChI is InChI=1S/C19H18N4O7S/c1-12-13(2)21-30-19(12)22-31(27,28)15-9-7-14(8-10-15)20-18(24)11-29-17-6-4-3-5-16(17)23(25)26/h3-10,22H,11H2,1-2H3,(H,20,24). The molecular formula is C19H18N4O7S. The minimum Gasteiger partial charge on any atom is -0.477 e. The number of benzene rings is 2. The molecule has 1 aromatic heterocycles. The summed E-state index contributed by atoms with van der Waals surface area (Å²) in [6.45, 7) is 2.90. The third-order valence-electron chi connectivity index (χ3n) is 4.25. The van der Waals surface area contributed by atoms with E-state index in [4.69, 9.17) is 9.26 Å². The van der Waals surface area contributed by atoms with E-state index in [2.05, 4.69) is 15.2 Å². The van der Waals surface area contributed by atoms with Crippen molar-refractivity contribution in [3.05, 3.63) is 69.9 Å². The fraction of sp³-hybridized carbons (Fsp3) is 0.158. The topological polar surface area (TPSA) is 154 Å². The van der Waals surface area contributed by atoms with Crippen LogP contribution in [0.3, 0.4) is 0 Å². The van der Waals surface area contributed by atoms with Crippen LogP contribution in [0.2, 0.25) is 0 Å². The predicted molar refractivity (Wildman–Crippen MR) is 110 cm³/mol. The van der Waals surface area contributed by atoms with Gasteiger partial charge >= 0.3 is 5.69 Å². The van der Waals surface area contributed by atoms with Gasteiger partial charge in [0.15, 0.2) is 12.4 Å². The number of rotatable bonds is 8. The minimum atomic E-state index is -3.91. The molecule has 0 saturated carbocycles. The third kappa shape index (κ3) is 5.17. The zero-order valence-electron chi connectivity index (χ0n) is 16.5. The Morgan fingerprint density at radius 1 is 1.16 bits per heavy atom. The molecule has 0 unspecified atom stereocenters. The van der Waals surface area contributed by atoms with Gasteiger partial charge in [0.25, 0.3) is 15.9 Å². The van der Waals surface area contributed by atoms with E-state index in [1.807, 2.05) is 0 Å². The fourth-order valence-electron chi connectivity index (χ4n) is 2.48. The molecule has 3 aromatic rings. The van der Waals surface area contributed by atoms with Gasteiger partial charge in [-0.15, -0.1) is 0 Å². The zero-order valence-corrected chi connectivity index (χ0v) is 17.3. The van der Waals surface area contributed by atoms with Crippen LogP contribution in [0.5, 0.6) is 5.75 Å². The quantitative estimate of drug-likeness (QED) is 0.395. The number of nitrogens with zero attached hydrogens (tertiary/aromatic N) is 2. The normalized spacial score (nSPS) is 11.0. The number of nitro groups is 1. The highest BCUT2D eigenvalue weighted by molar-refractivity contribution is 7.92. The van der Waals surface area contributed by atoms with Crippen molar-refractivity contribution in [1.29, 1.82) is 0 Å². The number of nitro benzene ring substituents is 1. The summed E-state index contributed by atoms with van der Waals surface area (Å²) in [7, 11) is -3.91. The van der Waals surface area contributed by atoms with Crippen LogP contribution in [0.15, 0.2) is 57.9 Å². The van der Waals surface area contributed by atoms with E-state index in [1.165, 1.54) is 42.5 Å². The first-order chi connectivity index (χ1) is 14.7. The Kier molecular flexibility index (Phi) is 6.20. The number of hydrogen-bond donors (Lipinski definition) is 2. The first-order valence-corrected chi connectivity index (χ1v) is 10.4. The average Bonchev–Trinajstić information content (AvgIpc) is 3.04. The van der Waals surface area contributed by atoms with Gasteiger partial charge in [-0.05, 0) is 44.2 Å². The van der Waals surface area contributed by atoms with Gasteiger partial charge in [0.2, 0.25) is 5.88 Å². The van der Waals surface area contributed by atoms with Gasteiger partial charge in [0.1, 0.15) is 0 Å². The molecule has 11 nitrogen and oxygen atoms in total. The Morgan fingerprint density at radius 3 is 2.45 bits per heavy atom. The molecule has 0 aliphatic carbocycles. The Balaban J connectivity index is 1.62. The first-order valence-electron chi connectivity index (χ1n) is 8.89. The summed E-state index contributed by atoms with van der Waals surface area (Å²) in [5, 5.41) is 17.2. The van der Waals surface area contributed by atoms with Crippen molar-refractivity contribution >= 4 is 33.2 Å². The van der Waals surface area contributed by atoms with Crippen LogP contribution in [0.1, 0.15) is 11.3 Å². The van der Waals surface area contributed by atoms with E-state index in [1.54, 1.807) is 19.9 Å². The van der Waals surface area contributed by atoms with Crippen molar-refractivity contribution < 1.29 is 27.4 Å². The van der Waals surface area contributed by atoms with Crippen LogP contribution in [-0.2, 0) is 14.8 Å². The molecule has 0 fully saturated rings. The van der Waals surface area contributed by atoms with Crippen molar-refractivity contribution in [2.75, 3.05) is 16.6 Å². The van der Waals surface area contributed by atoms with Gasteiger partial charge in [-0.1, -0.05) is 17.3 Å². The maximum absolute atomic E-state index is 12.5. The number of hydrogen-bond acceptors (Lipinski definition) is 8. The number of anilines is 2. The number of amides is 1. The summed E-state index contributed by atoms with van der Waals surface area (Å²) in [5.41, 5.74) is 1.21. The number of carbonyl (C=O) groups excluding carboxylic acids is 1. The van der Waals surface area contributed by atoms with Crippen LogP contribution < -0.4 is 14.8 Å². The lowest BCUT2D eigenvalue weighted by atomic mass is 10.3. The zero-order chi connectivity index (χ0) is 22.6. The minimum absolute atomic E-state index is 0.0297. The number of aromatic nitrogens is 1. The van der Waals surface area contributed by atoms with E-state index in [0.29, 0.717) is 16.9 Å². The lowest BCUT2D eigenvalue weighted by Crippen LogP contribution is -2.20. The molecule has 0 atom stereocenters. The average molecular weight is 446 g/mol. The lowest BCUT2D eigenvalue weighted by molar-refractivity contribution is -0.385. The SMILES string of the molecule is Cc1noc(NS(=O)(=O)c2ccc(NC(=O)COc3ccccc3[N+](=O)[O-])cc2)c1C. The summed E-state index contributed by atoms with van der Waals surface area (Å²) in [6.07, 6.45) is 0. The van der Waals surface area contributed by atoms with Crippen LogP contribution in [-0.4, -0.2) is 31.0 Å². The fourth-order valence-corrected chi connectivity index (χ4v) is 3.53. The lowest BCUT2D eigenvalue weighted by Gasteiger charge is -2.09. The Bertz CT molecular complexity index is 1220. The highest BCUT2D eigenvalue weighted by atomic mass is 32.2. The summed E-state index contributed by atoms with van der Waals surface area (Å²) >= 11 is 0. The Labute approximate surface area is 177 Å². The molecule has 1 heterocycles. The summed E-state index contributed by atoms with van der Waals surface area (Å²) in [6, 6.07) is 11.1. The third-order valence-corrected chi connectivity index (χ3v) is 5.60. The number of para-hydroxylation sites is 2. The van der Waals surface area contributed by atoms with Crippen LogP contribution in [0.25, 0.3) is 0 Å². The Morgan fingerprint density at radius 2 is 1.84 bits per heavy atom. The molecule has 0 bridgehead atoms. The molecule has 0 aliphatic rings. The molecule has 3 rings (SSSR count). The smallest absolute Gasteiger partial charge is 0.310 e. The van der Waals surface area contributed by atoms with Crippen LogP contribution >= 0.6 is 0 Å². The molecule has 0 aliphatic heterocycles. The second-order valence-corrected chi connectivity index (χ2v) is 8.10. The van der Waals surface area contributed by atoms with E-state index >= 15 is 0 Å². The molecule has 1 amide bonds. The molecule has 12 heteroatoms. The van der Waals surface area contributed by atoms with E-state index in [0.717, 1.165) is 0 Å². The highest BCUT2D eigenvalue weighted by Gasteiger charge is 2.19. The Hall–Kier alpha value is -3.93. The van der Waals surface area contributed by atoms with Crippen molar-refractivity contribution in [3.8, 4) is 5.75 Å². The second-order valence-electron chi connectivity index (χ2n) is 6.41. The van der Waals surface area contributed by atoms with E-state index in [-0.39, 0.29) is 22.2 Å². The first kappa shape index (κ1) is 21.8. The highest BCUT2D eigenvalue weighted by Crippen LogP contribution is 2.26. The van der Waals surface area contributed by atoms with Gasteiger partial charge < -0.3 is 14.6 Å². The van der Waals surface area contributed by atoms with Crippen molar-refractivity contribution in [3.63, 3.8) is 0 Å². The molecule has 2 N–H and O–H groups in total. The molecule has 162 valence electrons. The number of carbonyl (C=O) groups is 1. The van der Waals surface area contributed by atoms with E-state index < -0.39 is 27.5 Å². The molecular weight excluding hydrogens is 428 g/mol. The molecule has 0 spiro atoms.